The lowest BCUT2D eigenvalue weighted by molar-refractivity contribution is 0.101. The van der Waals surface area contributed by atoms with Crippen LogP contribution in [0.1, 0.15) is 24.2 Å². The summed E-state index contributed by atoms with van der Waals surface area (Å²) in [6.45, 7) is 4.12. The molecule has 3 nitrogen and oxygen atoms in total. The summed E-state index contributed by atoms with van der Waals surface area (Å²) in [5, 5.41) is 8.91. The number of rotatable bonds is 1. The van der Waals surface area contributed by atoms with Crippen molar-refractivity contribution in [3.63, 3.8) is 0 Å². The average molecular weight is 218 g/mol. The molecule has 1 rings (SSSR count). The van der Waals surface area contributed by atoms with Gasteiger partial charge in [-0.05, 0) is 25.6 Å². The molecule has 0 spiro atoms. The van der Waals surface area contributed by atoms with Crippen LogP contribution in [-0.4, -0.2) is 17.4 Å². The van der Waals surface area contributed by atoms with Crippen LogP contribution in [0.25, 0.3) is 0 Å². The number of aromatic hydroxyl groups is 1. The molecule has 0 aliphatic carbocycles. The number of nitrogens with two attached hydrogens (primary N) is 1. The first-order valence-electron chi connectivity index (χ1n) is 4.11. The Balaban J connectivity index is 0. The second kappa shape index (κ2) is 8.53. The van der Waals surface area contributed by atoms with E-state index >= 15 is 0 Å². The molecule has 0 heterocycles. The molecule has 0 aromatic heterocycles. The molecule has 0 saturated carbocycles. The minimum Gasteiger partial charge on any atom is -0.508 e. The van der Waals surface area contributed by atoms with Crippen molar-refractivity contribution in [1.29, 1.82) is 0 Å². The van der Waals surface area contributed by atoms with Gasteiger partial charge < -0.3 is 10.8 Å². The third-order valence-electron chi connectivity index (χ3n) is 1.25. The molecule has 0 bridgehead atoms. The predicted octanol–water partition coefficient (Wildman–Crippen LogP) is 1.98. The maximum atomic E-state index is 10.7. The van der Waals surface area contributed by atoms with Crippen molar-refractivity contribution in [2.24, 2.45) is 5.73 Å². The Labute approximate surface area is 90.3 Å². The fourth-order valence-corrected chi connectivity index (χ4v) is 0.725. The number of phenols is 1. The van der Waals surface area contributed by atoms with Crippen LogP contribution in [-0.2, 0) is 0 Å². The molecule has 0 fully saturated rings. The van der Waals surface area contributed by atoms with E-state index in [1.807, 2.05) is 6.92 Å². The Kier molecular flexibility index (Phi) is 9.40. The van der Waals surface area contributed by atoms with Crippen molar-refractivity contribution < 1.29 is 9.90 Å². The third-order valence-corrected chi connectivity index (χ3v) is 1.25. The zero-order chi connectivity index (χ0) is 10.3. The smallest absolute Gasteiger partial charge is 0.159 e. The molecule has 0 unspecified atom stereocenters. The third kappa shape index (κ3) is 6.46. The average Bonchev–Trinajstić information content (AvgIpc) is 2.05. The lowest BCUT2D eigenvalue weighted by atomic mass is 10.1. The monoisotopic (exact) mass is 217 g/mol. The molecule has 1 aromatic rings. The highest BCUT2D eigenvalue weighted by molar-refractivity contribution is 5.94. The predicted molar refractivity (Wildman–Crippen MR) is 60.1 cm³/mol. The van der Waals surface area contributed by atoms with E-state index in [9.17, 15) is 4.79 Å². The van der Waals surface area contributed by atoms with Crippen LogP contribution in [0.15, 0.2) is 24.3 Å². The summed E-state index contributed by atoms with van der Waals surface area (Å²) in [5.41, 5.74) is 5.39. The number of hydrogen-bond acceptors (Lipinski definition) is 3. The molecule has 1 aromatic carbocycles. The molecule has 0 saturated heterocycles. The van der Waals surface area contributed by atoms with E-state index in [0.717, 1.165) is 6.54 Å². The summed E-state index contributed by atoms with van der Waals surface area (Å²) in [4.78, 5) is 10.7. The Morgan fingerprint density at radius 3 is 2.29 bits per heavy atom. The molecule has 4 heteroatoms. The highest BCUT2D eigenvalue weighted by atomic mass is 35.5. The van der Waals surface area contributed by atoms with Gasteiger partial charge >= 0.3 is 0 Å². The van der Waals surface area contributed by atoms with Crippen molar-refractivity contribution in [1.82, 2.24) is 0 Å². The molecular formula is C10H16ClNO2. The molecule has 0 radical (unpaired) electrons. The first-order valence-corrected chi connectivity index (χ1v) is 4.11. The van der Waals surface area contributed by atoms with Gasteiger partial charge in [0.1, 0.15) is 5.75 Å². The van der Waals surface area contributed by atoms with Crippen LogP contribution in [0, 0.1) is 0 Å². The summed E-state index contributed by atoms with van der Waals surface area (Å²) >= 11 is 0. The summed E-state index contributed by atoms with van der Waals surface area (Å²) < 4.78 is 0. The Morgan fingerprint density at radius 2 is 2.00 bits per heavy atom. The molecule has 3 N–H and O–H groups in total. The van der Waals surface area contributed by atoms with Crippen LogP contribution >= 0.6 is 12.4 Å². The zero-order valence-electron chi connectivity index (χ0n) is 8.36. The van der Waals surface area contributed by atoms with Crippen molar-refractivity contribution in [2.45, 2.75) is 13.8 Å². The van der Waals surface area contributed by atoms with Gasteiger partial charge in [0.2, 0.25) is 0 Å². The number of phenolic OH excluding ortho intramolecular Hbond substituents is 1. The molecule has 80 valence electrons. The number of benzene rings is 1. The van der Waals surface area contributed by atoms with E-state index in [1.165, 1.54) is 19.1 Å². The highest BCUT2D eigenvalue weighted by Gasteiger charge is 1.97. The van der Waals surface area contributed by atoms with Gasteiger partial charge in [-0.15, -0.1) is 12.4 Å². The number of halogens is 1. The number of carbonyl (C=O) groups excluding carboxylic acids is 1. The SMILES string of the molecule is CC(=O)c1cccc(O)c1.CCN.Cl. The summed E-state index contributed by atoms with van der Waals surface area (Å²) in [5.74, 6) is 0.101. The van der Waals surface area contributed by atoms with Crippen molar-refractivity contribution in [3.05, 3.63) is 29.8 Å². The first-order chi connectivity index (χ1) is 6.11. The highest BCUT2D eigenvalue weighted by Crippen LogP contribution is 2.10. The first kappa shape index (κ1) is 15.4. The minimum atomic E-state index is -0.0316. The van der Waals surface area contributed by atoms with Gasteiger partial charge in [-0.2, -0.15) is 0 Å². The fourth-order valence-electron chi connectivity index (χ4n) is 0.725. The maximum Gasteiger partial charge on any atom is 0.159 e. The topological polar surface area (TPSA) is 63.3 Å². The molecule has 0 atom stereocenters. The van der Waals surface area contributed by atoms with E-state index in [4.69, 9.17) is 10.8 Å². The van der Waals surface area contributed by atoms with Crippen molar-refractivity contribution in [2.75, 3.05) is 6.54 Å². The van der Waals surface area contributed by atoms with E-state index in [-0.39, 0.29) is 23.9 Å². The van der Waals surface area contributed by atoms with Gasteiger partial charge in [0, 0.05) is 5.56 Å². The lowest BCUT2D eigenvalue weighted by Crippen LogP contribution is -1.89. The van der Waals surface area contributed by atoms with Gasteiger partial charge in [0.15, 0.2) is 5.78 Å². The van der Waals surface area contributed by atoms with Gasteiger partial charge in [0.25, 0.3) is 0 Å². The fraction of sp³-hybridized carbons (Fsp3) is 0.300. The second-order valence-electron chi connectivity index (χ2n) is 2.51. The minimum absolute atomic E-state index is 0. The van der Waals surface area contributed by atoms with Crippen LogP contribution in [0.5, 0.6) is 5.75 Å². The summed E-state index contributed by atoms with van der Waals surface area (Å²) in [6, 6.07) is 6.29. The molecule has 14 heavy (non-hydrogen) atoms. The second-order valence-corrected chi connectivity index (χ2v) is 2.51. The van der Waals surface area contributed by atoms with Gasteiger partial charge in [-0.3, -0.25) is 4.79 Å². The van der Waals surface area contributed by atoms with Crippen LogP contribution in [0.4, 0.5) is 0 Å². The van der Waals surface area contributed by atoms with E-state index in [1.54, 1.807) is 12.1 Å². The van der Waals surface area contributed by atoms with Crippen LogP contribution in [0.3, 0.4) is 0 Å². The van der Waals surface area contributed by atoms with Crippen molar-refractivity contribution >= 4 is 18.2 Å². The zero-order valence-corrected chi connectivity index (χ0v) is 9.17. The van der Waals surface area contributed by atoms with E-state index in [0.29, 0.717) is 5.56 Å². The lowest BCUT2D eigenvalue weighted by Gasteiger charge is -1.93. The number of carbonyl (C=O) groups is 1. The quantitative estimate of drug-likeness (QED) is 0.708. The van der Waals surface area contributed by atoms with E-state index < -0.39 is 0 Å². The van der Waals surface area contributed by atoms with Crippen LogP contribution < -0.4 is 5.73 Å². The largest absolute Gasteiger partial charge is 0.508 e. The maximum absolute atomic E-state index is 10.7. The number of hydrogen-bond donors (Lipinski definition) is 2. The summed E-state index contributed by atoms with van der Waals surface area (Å²) in [7, 11) is 0. The normalized spacial score (nSPS) is 7.93. The molecule has 0 aliphatic heterocycles. The van der Waals surface area contributed by atoms with Gasteiger partial charge in [-0.1, -0.05) is 19.1 Å². The molecule has 0 amide bonds. The Hall–Kier alpha value is -1.06. The van der Waals surface area contributed by atoms with Crippen LogP contribution in [0.2, 0.25) is 0 Å². The van der Waals surface area contributed by atoms with Crippen molar-refractivity contribution in [3.8, 4) is 5.75 Å². The Morgan fingerprint density at radius 1 is 1.50 bits per heavy atom. The van der Waals surface area contributed by atoms with Gasteiger partial charge in [-0.25, -0.2) is 0 Å². The molecular weight excluding hydrogens is 202 g/mol. The Bertz CT molecular complexity index is 277. The van der Waals surface area contributed by atoms with Gasteiger partial charge in [0.05, 0.1) is 0 Å². The standard InChI is InChI=1S/C8H8O2.C2H7N.ClH/c1-6(9)7-3-2-4-8(10)5-7;1-2-3;/h2-5,10H,1H3;2-3H2,1H3;1H. The van der Waals surface area contributed by atoms with E-state index in [2.05, 4.69) is 0 Å². The molecule has 0 aliphatic rings. The number of ketones is 1. The number of Topliss-reactive ketones (excluding diaryl/α,β-unsaturated/α-hetero) is 1. The summed E-state index contributed by atoms with van der Waals surface area (Å²) in [6.07, 6.45) is 0.